The number of hydrogen-bond donors (Lipinski definition) is 2. The van der Waals surface area contributed by atoms with E-state index in [1.165, 1.54) is 0 Å². The first kappa shape index (κ1) is 25.8. The van der Waals surface area contributed by atoms with Crippen molar-refractivity contribution in [2.75, 3.05) is 18.8 Å². The molecule has 3 rings (SSSR count). The monoisotopic (exact) mass is 481 g/mol. The number of fused-ring (bicyclic) bond motifs is 1. The molecule has 0 fully saturated rings. The van der Waals surface area contributed by atoms with Gasteiger partial charge >= 0.3 is 12.1 Å². The summed E-state index contributed by atoms with van der Waals surface area (Å²) in [6, 6.07) is 2.15. The van der Waals surface area contributed by atoms with Gasteiger partial charge in [0.25, 0.3) is 0 Å². The smallest absolute Gasteiger partial charge is 0.475 e. The van der Waals surface area contributed by atoms with Crippen molar-refractivity contribution in [3.8, 4) is 0 Å². The highest BCUT2D eigenvalue weighted by Gasteiger charge is 2.38. The second kappa shape index (κ2) is 10.4. The molecule has 0 saturated heterocycles. The van der Waals surface area contributed by atoms with Gasteiger partial charge in [-0.05, 0) is 33.3 Å². The molecule has 2 aromatic heterocycles. The van der Waals surface area contributed by atoms with Crippen LogP contribution in [0.4, 0.5) is 13.2 Å². The van der Waals surface area contributed by atoms with Crippen molar-refractivity contribution < 1.29 is 36.0 Å². The Balaban J connectivity index is 0.000000451. The molecular weight excluding hydrogens is 455 g/mol. The Morgan fingerprint density at radius 1 is 1.38 bits per heavy atom. The molecule has 0 spiro atoms. The first-order valence-corrected chi connectivity index (χ1v) is 11.4. The van der Waals surface area contributed by atoms with Crippen molar-refractivity contribution in [3.05, 3.63) is 35.0 Å². The number of halogens is 3. The number of carboxylic acids is 1. The Bertz CT molecular complexity index is 999. The van der Waals surface area contributed by atoms with E-state index in [0.717, 1.165) is 42.3 Å². The third-order valence-electron chi connectivity index (χ3n) is 4.94. The van der Waals surface area contributed by atoms with E-state index >= 15 is 0 Å². The average molecular weight is 481 g/mol. The van der Waals surface area contributed by atoms with Crippen molar-refractivity contribution in [3.63, 3.8) is 0 Å². The van der Waals surface area contributed by atoms with E-state index < -0.39 is 22.2 Å². The molecule has 0 saturated carbocycles. The average Bonchev–Trinajstić information content (AvgIpc) is 3.29. The molecule has 0 aliphatic carbocycles. The lowest BCUT2D eigenvalue weighted by Crippen LogP contribution is -2.39. The summed E-state index contributed by atoms with van der Waals surface area (Å²) in [6.45, 7) is 8.33. The summed E-state index contributed by atoms with van der Waals surface area (Å²) < 4.78 is 64.9. The van der Waals surface area contributed by atoms with Crippen molar-refractivity contribution in [2.45, 2.75) is 52.5 Å². The normalized spacial score (nSPS) is 16.9. The predicted octanol–water partition coefficient (Wildman–Crippen LogP) is 2.01. The Morgan fingerprint density at radius 2 is 2.03 bits per heavy atom. The number of nitrogens with one attached hydrogen (secondary N) is 1. The van der Waals surface area contributed by atoms with Crippen LogP contribution in [-0.2, 0) is 27.9 Å². The van der Waals surface area contributed by atoms with Gasteiger partial charge in [-0.1, -0.05) is 5.16 Å². The number of carboxylic acid groups (broad SMARTS) is 1. The van der Waals surface area contributed by atoms with Crippen LogP contribution >= 0.6 is 0 Å². The van der Waals surface area contributed by atoms with Gasteiger partial charge in [0.15, 0.2) is 0 Å². The predicted molar refractivity (Wildman–Crippen MR) is 107 cm³/mol. The largest absolute Gasteiger partial charge is 0.490 e. The third-order valence-corrected chi connectivity index (χ3v) is 6.34. The number of aromatic nitrogens is 3. The molecule has 0 amide bonds. The fourth-order valence-electron chi connectivity index (χ4n) is 3.23. The van der Waals surface area contributed by atoms with E-state index in [1.54, 1.807) is 13.1 Å². The molecule has 0 aromatic carbocycles. The number of sulfonamides is 1. The van der Waals surface area contributed by atoms with Crippen LogP contribution in [-0.4, -0.2) is 64.3 Å². The van der Waals surface area contributed by atoms with Gasteiger partial charge in [0, 0.05) is 37.9 Å². The van der Waals surface area contributed by atoms with Gasteiger partial charge in [0.1, 0.15) is 5.76 Å². The summed E-state index contributed by atoms with van der Waals surface area (Å²) in [4.78, 5) is 11.2. The number of aryl methyl sites for hydroxylation is 2. The van der Waals surface area contributed by atoms with Crippen LogP contribution in [0.25, 0.3) is 0 Å². The maximum absolute atomic E-state index is 11.6. The minimum atomic E-state index is -5.08. The molecule has 0 bridgehead atoms. The number of carbonyl (C=O) groups is 1. The van der Waals surface area contributed by atoms with Gasteiger partial charge in [-0.25, -0.2) is 17.9 Å². The fraction of sp³-hybridized carbons (Fsp3) is 0.611. The van der Waals surface area contributed by atoms with E-state index in [4.69, 9.17) is 14.4 Å². The lowest BCUT2D eigenvalue weighted by atomic mass is 10.1. The zero-order valence-electron chi connectivity index (χ0n) is 17.9. The molecule has 10 nitrogen and oxygen atoms in total. The van der Waals surface area contributed by atoms with E-state index in [9.17, 15) is 21.6 Å². The molecule has 1 unspecified atom stereocenters. The van der Waals surface area contributed by atoms with Gasteiger partial charge in [-0.2, -0.15) is 18.3 Å². The van der Waals surface area contributed by atoms with Crippen LogP contribution in [0.3, 0.4) is 0 Å². The SMILES string of the molecule is CCS(=O)(=O)NCCC1CN(Cc2c(C)noc2C)Cc2ccnn21.O=C(O)C(F)(F)F. The van der Waals surface area contributed by atoms with Crippen LogP contribution < -0.4 is 4.72 Å². The van der Waals surface area contributed by atoms with Gasteiger partial charge in [0.05, 0.1) is 23.2 Å². The Morgan fingerprint density at radius 3 is 2.56 bits per heavy atom. The summed E-state index contributed by atoms with van der Waals surface area (Å²) in [6.07, 6.45) is -2.58. The minimum Gasteiger partial charge on any atom is -0.475 e. The highest BCUT2D eigenvalue weighted by Crippen LogP contribution is 2.25. The standard InChI is InChI=1S/C16H25N5O3S.C2HF3O2/c1-4-25(22,23)18-8-6-15-10-20(9-14-5-7-17-21(14)15)11-16-12(2)19-24-13(16)3;3-2(4,5)1(6)7/h5,7,15,18H,4,6,8-11H2,1-3H3;(H,6,7). The van der Waals surface area contributed by atoms with Crippen LogP contribution in [0.2, 0.25) is 0 Å². The summed E-state index contributed by atoms with van der Waals surface area (Å²) in [5.41, 5.74) is 3.18. The molecule has 3 heterocycles. The van der Waals surface area contributed by atoms with Gasteiger partial charge in [0.2, 0.25) is 10.0 Å². The van der Waals surface area contributed by atoms with Gasteiger partial charge in [-0.15, -0.1) is 0 Å². The number of aliphatic carboxylic acids is 1. The van der Waals surface area contributed by atoms with Crippen molar-refractivity contribution >= 4 is 16.0 Å². The highest BCUT2D eigenvalue weighted by molar-refractivity contribution is 7.89. The molecule has 1 atom stereocenters. The van der Waals surface area contributed by atoms with Gasteiger partial charge in [-0.3, -0.25) is 9.58 Å². The van der Waals surface area contributed by atoms with Crippen molar-refractivity contribution in [1.82, 2.24) is 24.6 Å². The zero-order chi connectivity index (χ0) is 24.1. The molecule has 1 aliphatic heterocycles. The van der Waals surface area contributed by atoms with Crippen LogP contribution in [0.15, 0.2) is 16.8 Å². The Hall–Kier alpha value is -2.45. The van der Waals surface area contributed by atoms with Crippen molar-refractivity contribution in [1.29, 1.82) is 0 Å². The van der Waals surface area contributed by atoms with Crippen LogP contribution in [0.1, 0.15) is 42.1 Å². The zero-order valence-corrected chi connectivity index (χ0v) is 18.7. The minimum absolute atomic E-state index is 0.100. The first-order valence-electron chi connectivity index (χ1n) is 9.78. The van der Waals surface area contributed by atoms with Crippen molar-refractivity contribution in [2.24, 2.45) is 0 Å². The molecule has 0 radical (unpaired) electrons. The maximum Gasteiger partial charge on any atom is 0.490 e. The third kappa shape index (κ3) is 7.03. The number of alkyl halides is 3. The lowest BCUT2D eigenvalue weighted by molar-refractivity contribution is -0.192. The second-order valence-corrected chi connectivity index (χ2v) is 9.38. The van der Waals surface area contributed by atoms with Crippen LogP contribution in [0, 0.1) is 13.8 Å². The van der Waals surface area contributed by atoms with E-state index in [1.807, 2.05) is 24.6 Å². The maximum atomic E-state index is 11.6. The summed E-state index contributed by atoms with van der Waals surface area (Å²) >= 11 is 0. The molecule has 2 aromatic rings. The van der Waals surface area contributed by atoms with E-state index in [2.05, 4.69) is 19.9 Å². The molecule has 180 valence electrons. The number of nitrogens with zero attached hydrogens (tertiary/aromatic N) is 4. The van der Waals surface area contributed by atoms with E-state index in [0.29, 0.717) is 13.0 Å². The molecule has 2 N–H and O–H groups in total. The topological polar surface area (TPSA) is 131 Å². The fourth-order valence-corrected chi connectivity index (χ4v) is 3.87. The molecule has 14 heteroatoms. The molecule has 32 heavy (non-hydrogen) atoms. The first-order chi connectivity index (χ1) is 14.8. The quantitative estimate of drug-likeness (QED) is 0.614. The molecule has 1 aliphatic rings. The van der Waals surface area contributed by atoms with E-state index in [-0.39, 0.29) is 11.8 Å². The van der Waals surface area contributed by atoms with Gasteiger partial charge < -0.3 is 9.63 Å². The Kier molecular flexibility index (Phi) is 8.42. The number of hydrogen-bond acceptors (Lipinski definition) is 7. The van der Waals surface area contributed by atoms with Crippen LogP contribution in [0.5, 0.6) is 0 Å². The second-order valence-electron chi connectivity index (χ2n) is 7.28. The highest BCUT2D eigenvalue weighted by atomic mass is 32.2. The summed E-state index contributed by atoms with van der Waals surface area (Å²) in [5, 5.41) is 15.6. The summed E-state index contributed by atoms with van der Waals surface area (Å²) in [7, 11) is -3.16. The lowest BCUT2D eigenvalue weighted by Gasteiger charge is -2.34. The molecular formula is C18H26F3N5O5S. The Labute approximate surface area is 183 Å². The summed E-state index contributed by atoms with van der Waals surface area (Å²) in [5.74, 6) is -1.81. The number of rotatable bonds is 7.